The molecule has 4 rings (SSSR count). The number of nitrogens with zero attached hydrogens (tertiary/aromatic N) is 5. The molecule has 0 spiro atoms. The molecule has 0 radical (unpaired) electrons. The zero-order chi connectivity index (χ0) is 21.6. The van der Waals surface area contributed by atoms with Gasteiger partial charge >= 0.3 is 0 Å². The average Bonchev–Trinajstić information content (AvgIpc) is 3.28. The van der Waals surface area contributed by atoms with E-state index < -0.39 is 0 Å². The van der Waals surface area contributed by atoms with E-state index in [0.29, 0.717) is 18.2 Å². The Morgan fingerprint density at radius 1 is 1.06 bits per heavy atom. The molecule has 7 heteroatoms. The molecule has 2 aliphatic rings. The van der Waals surface area contributed by atoms with Crippen LogP contribution in [0.15, 0.2) is 36.5 Å². The van der Waals surface area contributed by atoms with Gasteiger partial charge in [-0.25, -0.2) is 4.98 Å². The van der Waals surface area contributed by atoms with Crippen molar-refractivity contribution in [1.82, 2.24) is 14.8 Å². The zero-order valence-electron chi connectivity index (χ0n) is 18.9. The highest BCUT2D eigenvalue weighted by molar-refractivity contribution is 7.15. The van der Waals surface area contributed by atoms with E-state index >= 15 is 0 Å². The molecule has 31 heavy (non-hydrogen) atoms. The van der Waals surface area contributed by atoms with Crippen molar-refractivity contribution in [2.24, 2.45) is 5.92 Å². The second-order valence-electron chi connectivity index (χ2n) is 8.97. The third-order valence-electron chi connectivity index (χ3n) is 6.53. The van der Waals surface area contributed by atoms with Crippen molar-refractivity contribution in [1.29, 1.82) is 0 Å². The number of carbonyl (C=O) groups excluding carboxylic acids is 1. The van der Waals surface area contributed by atoms with E-state index in [0.717, 1.165) is 57.4 Å². The molecule has 6 nitrogen and oxygen atoms in total. The molecule has 2 fully saturated rings. The van der Waals surface area contributed by atoms with E-state index in [9.17, 15) is 4.79 Å². The highest BCUT2D eigenvalue weighted by atomic mass is 32.1. The van der Waals surface area contributed by atoms with Crippen molar-refractivity contribution in [3.63, 3.8) is 0 Å². The van der Waals surface area contributed by atoms with Crippen molar-refractivity contribution in [2.45, 2.75) is 32.2 Å². The first-order valence-corrected chi connectivity index (χ1v) is 12.3. The van der Waals surface area contributed by atoms with Gasteiger partial charge in [-0.2, -0.15) is 0 Å². The molecule has 0 bridgehead atoms. The minimum absolute atomic E-state index is 0.344. The number of rotatable bonds is 7. The third-order valence-corrected chi connectivity index (χ3v) is 7.68. The normalized spacial score (nSPS) is 18.4. The second kappa shape index (κ2) is 10.5. The smallest absolute Gasteiger partial charge is 0.222 e. The molecule has 0 aliphatic carbocycles. The summed E-state index contributed by atoms with van der Waals surface area (Å²) in [4.78, 5) is 27.6. The van der Waals surface area contributed by atoms with Gasteiger partial charge in [0, 0.05) is 70.0 Å². The number of carbonyl (C=O) groups is 1. The van der Waals surface area contributed by atoms with Crippen LogP contribution < -0.4 is 9.80 Å². The first kappa shape index (κ1) is 22.1. The summed E-state index contributed by atoms with van der Waals surface area (Å²) in [5.41, 5.74) is 1.26. The number of piperidine rings is 1. The van der Waals surface area contributed by atoms with E-state index in [2.05, 4.69) is 48.8 Å². The fourth-order valence-electron chi connectivity index (χ4n) is 4.57. The van der Waals surface area contributed by atoms with E-state index in [1.807, 2.05) is 26.4 Å². The lowest BCUT2D eigenvalue weighted by atomic mass is 9.92. The maximum atomic E-state index is 12.7. The quantitative estimate of drug-likeness (QED) is 0.657. The fourth-order valence-corrected chi connectivity index (χ4v) is 5.44. The highest BCUT2D eigenvalue weighted by Gasteiger charge is 2.24. The molecule has 1 amide bonds. The van der Waals surface area contributed by atoms with Crippen molar-refractivity contribution in [2.75, 3.05) is 63.2 Å². The second-order valence-corrected chi connectivity index (χ2v) is 10.1. The van der Waals surface area contributed by atoms with Crippen molar-refractivity contribution >= 4 is 28.1 Å². The standard InChI is InChI=1S/C24H35N5OS/c1-26(2)24-25-18-22(31-24)19-27-12-10-20(11-13-27)8-9-23(30)29-16-14-28(15-17-29)21-6-4-3-5-7-21/h3-7,18,20H,8-17,19H2,1-2H3. The Kier molecular flexibility index (Phi) is 7.45. The van der Waals surface area contributed by atoms with Crippen LogP contribution in [0.5, 0.6) is 0 Å². The van der Waals surface area contributed by atoms with Crippen molar-refractivity contribution in [3.05, 3.63) is 41.4 Å². The number of amides is 1. The Morgan fingerprint density at radius 2 is 1.77 bits per heavy atom. The number of likely N-dealkylation sites (tertiary alicyclic amines) is 1. The minimum Gasteiger partial charge on any atom is -0.368 e. The maximum absolute atomic E-state index is 12.7. The largest absolute Gasteiger partial charge is 0.368 e. The Morgan fingerprint density at radius 3 is 2.42 bits per heavy atom. The molecule has 168 valence electrons. The molecule has 1 aromatic heterocycles. The van der Waals surface area contributed by atoms with Gasteiger partial charge in [0.1, 0.15) is 0 Å². The molecule has 1 aromatic carbocycles. The topological polar surface area (TPSA) is 42.9 Å². The predicted molar refractivity (Wildman–Crippen MR) is 129 cm³/mol. The fraction of sp³-hybridized carbons (Fsp3) is 0.583. The summed E-state index contributed by atoms with van der Waals surface area (Å²) < 4.78 is 0. The van der Waals surface area contributed by atoms with Crippen molar-refractivity contribution < 1.29 is 4.79 Å². The molecule has 2 aliphatic heterocycles. The molecule has 0 atom stereocenters. The molecule has 0 saturated carbocycles. The van der Waals surface area contributed by atoms with Gasteiger partial charge in [-0.1, -0.05) is 18.2 Å². The van der Waals surface area contributed by atoms with Gasteiger partial charge < -0.3 is 14.7 Å². The van der Waals surface area contributed by atoms with Gasteiger partial charge in [0.25, 0.3) is 0 Å². The summed E-state index contributed by atoms with van der Waals surface area (Å²) in [7, 11) is 4.08. The monoisotopic (exact) mass is 441 g/mol. The van der Waals surface area contributed by atoms with Crippen LogP contribution in [0.25, 0.3) is 0 Å². The maximum Gasteiger partial charge on any atom is 0.222 e. The lowest BCUT2D eigenvalue weighted by Crippen LogP contribution is -2.48. The van der Waals surface area contributed by atoms with Gasteiger partial charge in [0.05, 0.1) is 0 Å². The average molecular weight is 442 g/mol. The van der Waals surface area contributed by atoms with Gasteiger partial charge in [-0.3, -0.25) is 9.69 Å². The summed E-state index contributed by atoms with van der Waals surface area (Å²) >= 11 is 1.78. The van der Waals surface area contributed by atoms with Crippen LogP contribution in [0.3, 0.4) is 0 Å². The van der Waals surface area contributed by atoms with Crippen LogP contribution in [0, 0.1) is 5.92 Å². The number of para-hydroxylation sites is 1. The lowest BCUT2D eigenvalue weighted by Gasteiger charge is -2.36. The SMILES string of the molecule is CN(C)c1ncc(CN2CCC(CCC(=O)N3CCN(c4ccccc4)CC3)CC2)s1. The van der Waals surface area contributed by atoms with Crippen LogP contribution >= 0.6 is 11.3 Å². The van der Waals surface area contributed by atoms with E-state index in [1.54, 1.807) is 11.3 Å². The summed E-state index contributed by atoms with van der Waals surface area (Å²) in [6.45, 7) is 6.81. The van der Waals surface area contributed by atoms with E-state index in [1.165, 1.54) is 23.4 Å². The Balaban J connectivity index is 1.14. The summed E-state index contributed by atoms with van der Waals surface area (Å²) in [5.74, 6) is 1.03. The van der Waals surface area contributed by atoms with Crippen LogP contribution in [0.1, 0.15) is 30.6 Å². The number of thiazole rings is 1. The van der Waals surface area contributed by atoms with Crippen LogP contribution in [-0.4, -0.2) is 74.1 Å². The van der Waals surface area contributed by atoms with Crippen LogP contribution in [0.2, 0.25) is 0 Å². The van der Waals surface area contributed by atoms with Crippen LogP contribution in [-0.2, 0) is 11.3 Å². The summed E-state index contributed by atoms with van der Waals surface area (Å²) in [5, 5.41) is 1.08. The Hall–Kier alpha value is -2.12. The first-order valence-electron chi connectivity index (χ1n) is 11.5. The first-order chi connectivity index (χ1) is 15.1. The Labute approximate surface area is 190 Å². The number of anilines is 2. The molecular formula is C24H35N5OS. The highest BCUT2D eigenvalue weighted by Crippen LogP contribution is 2.26. The van der Waals surface area contributed by atoms with Crippen LogP contribution in [0.4, 0.5) is 10.8 Å². The van der Waals surface area contributed by atoms with Gasteiger partial charge in [0.2, 0.25) is 5.91 Å². The number of aromatic nitrogens is 1. The van der Waals surface area contributed by atoms with E-state index in [4.69, 9.17) is 0 Å². The molecule has 2 saturated heterocycles. The molecule has 3 heterocycles. The number of benzene rings is 1. The summed E-state index contributed by atoms with van der Waals surface area (Å²) in [6.07, 6.45) is 6.17. The number of piperazine rings is 1. The third kappa shape index (κ3) is 5.98. The number of hydrogen-bond acceptors (Lipinski definition) is 6. The van der Waals surface area contributed by atoms with Gasteiger partial charge in [-0.05, 0) is 50.4 Å². The van der Waals surface area contributed by atoms with E-state index in [-0.39, 0.29) is 0 Å². The van der Waals surface area contributed by atoms with Gasteiger partial charge in [0.15, 0.2) is 5.13 Å². The Bertz CT molecular complexity index is 824. The minimum atomic E-state index is 0.344. The van der Waals surface area contributed by atoms with Gasteiger partial charge in [-0.15, -0.1) is 11.3 Å². The summed E-state index contributed by atoms with van der Waals surface area (Å²) in [6, 6.07) is 10.5. The molecule has 0 N–H and O–H groups in total. The van der Waals surface area contributed by atoms with Crippen molar-refractivity contribution in [3.8, 4) is 0 Å². The molecule has 2 aromatic rings. The zero-order valence-corrected chi connectivity index (χ0v) is 19.7. The number of hydrogen-bond donors (Lipinski definition) is 0. The lowest BCUT2D eigenvalue weighted by molar-refractivity contribution is -0.131. The molecular weight excluding hydrogens is 406 g/mol. The predicted octanol–water partition coefficient (Wildman–Crippen LogP) is 3.55. The molecule has 0 unspecified atom stereocenters.